The Labute approximate surface area is 118 Å². The lowest BCUT2D eigenvalue weighted by Crippen LogP contribution is -2.30. The fourth-order valence-electron chi connectivity index (χ4n) is 2.93. The van der Waals surface area contributed by atoms with Crippen molar-refractivity contribution in [2.45, 2.75) is 6.54 Å². The molecule has 0 saturated heterocycles. The summed E-state index contributed by atoms with van der Waals surface area (Å²) in [5.74, 6) is 1.12. The molecule has 0 aliphatic carbocycles. The van der Waals surface area contributed by atoms with Crippen molar-refractivity contribution in [3.63, 3.8) is 0 Å². The average molecular weight is 266 g/mol. The Hall–Kier alpha value is -2.76. The van der Waals surface area contributed by atoms with E-state index in [0.717, 1.165) is 11.1 Å². The van der Waals surface area contributed by atoms with Crippen molar-refractivity contribution in [3.8, 4) is 11.4 Å². The number of aromatic nitrogens is 6. The van der Waals surface area contributed by atoms with E-state index in [1.165, 1.54) is 4.57 Å². The first-order chi connectivity index (χ1) is 11.1. The highest BCUT2D eigenvalue weighted by molar-refractivity contribution is 5.76. The van der Waals surface area contributed by atoms with Gasteiger partial charge < -0.3 is 0 Å². The maximum Gasteiger partial charge on any atom is 0.299 e. The largest absolute Gasteiger partial charge is 0.299 e. The molecule has 6 heteroatoms. The third-order valence-corrected chi connectivity index (χ3v) is 3.77. The second-order valence-electron chi connectivity index (χ2n) is 4.83. The van der Waals surface area contributed by atoms with Gasteiger partial charge >= 0.3 is 0 Å². The average Bonchev–Trinajstić information content (AvgIpc) is 3.13. The zero-order valence-electron chi connectivity index (χ0n) is 13.4. The molecule has 0 aromatic carbocycles. The summed E-state index contributed by atoms with van der Waals surface area (Å²) in [7, 11) is 0. The Morgan fingerprint density at radius 3 is 3.35 bits per heavy atom. The van der Waals surface area contributed by atoms with Crippen LogP contribution in [0.15, 0.2) is 36.9 Å². The monoisotopic (exact) mass is 266 g/mol. The first-order valence-electron chi connectivity index (χ1n) is 7.77. The molecule has 5 heterocycles. The van der Waals surface area contributed by atoms with Crippen LogP contribution in [-0.2, 0) is 13.5 Å². The lowest BCUT2D eigenvalue weighted by atomic mass is 10.2. The van der Waals surface area contributed by atoms with E-state index in [1.54, 1.807) is 35.3 Å². The number of pyridine rings is 1. The fourth-order valence-corrected chi connectivity index (χ4v) is 2.93. The van der Waals surface area contributed by atoms with E-state index in [9.17, 15) is 0 Å². The summed E-state index contributed by atoms with van der Waals surface area (Å²) in [4.78, 5) is 12.9. The first kappa shape index (κ1) is 7.74. The SMILES string of the molecule is [2H]C([2H])([2H])[n+]1c2n(c3nc4ncccn4c31)Cc1cnccc1-2. The second kappa shape index (κ2) is 3.22. The van der Waals surface area contributed by atoms with Gasteiger partial charge in [-0.25, -0.2) is 14.1 Å². The summed E-state index contributed by atoms with van der Waals surface area (Å²) in [5, 5.41) is 0. The molecule has 20 heavy (non-hydrogen) atoms. The van der Waals surface area contributed by atoms with E-state index in [2.05, 4.69) is 15.0 Å². The van der Waals surface area contributed by atoms with Crippen LogP contribution in [0.1, 0.15) is 9.68 Å². The topological polar surface area (TPSA) is 51.9 Å². The van der Waals surface area contributed by atoms with Gasteiger partial charge in [0.15, 0.2) is 0 Å². The molecule has 0 amide bonds. The minimum absolute atomic E-state index is 0.486. The fraction of sp³-hybridized carbons (Fsp3) is 0.143. The Morgan fingerprint density at radius 2 is 2.40 bits per heavy atom. The van der Waals surface area contributed by atoms with Crippen LogP contribution in [0.4, 0.5) is 0 Å². The van der Waals surface area contributed by atoms with E-state index in [1.807, 2.05) is 10.6 Å². The van der Waals surface area contributed by atoms with Gasteiger partial charge in [0.1, 0.15) is 0 Å². The van der Waals surface area contributed by atoms with E-state index in [-0.39, 0.29) is 0 Å². The quantitative estimate of drug-likeness (QED) is 0.392. The Kier molecular flexibility index (Phi) is 1.24. The molecule has 0 fully saturated rings. The molecule has 4 aromatic heterocycles. The lowest BCUT2D eigenvalue weighted by molar-refractivity contribution is -0.636. The number of hydrogen-bond donors (Lipinski definition) is 0. The van der Waals surface area contributed by atoms with Gasteiger partial charge in [-0.1, -0.05) is 0 Å². The molecular formula is C14H11N6+. The van der Waals surface area contributed by atoms with Gasteiger partial charge in [0.2, 0.25) is 5.82 Å². The van der Waals surface area contributed by atoms with Gasteiger partial charge in [0, 0.05) is 24.2 Å². The standard InChI is InChI=1S/C14H11N6/c1-18-12-10-3-5-15-7-9(10)8-20(12)11-13(18)19-6-2-4-16-14(19)17-11/h2-7H,8H2,1H3/q+1/i1D3. The molecule has 0 atom stereocenters. The van der Waals surface area contributed by atoms with Crippen LogP contribution in [0.25, 0.3) is 28.5 Å². The molecule has 96 valence electrons. The number of nitrogens with zero attached hydrogens (tertiary/aromatic N) is 6. The molecule has 6 nitrogen and oxygen atoms in total. The maximum atomic E-state index is 8.00. The second-order valence-corrected chi connectivity index (χ2v) is 4.83. The summed E-state index contributed by atoms with van der Waals surface area (Å²) >= 11 is 0. The van der Waals surface area contributed by atoms with Crippen LogP contribution in [0.2, 0.25) is 0 Å². The number of fused-ring (bicyclic) bond motifs is 7. The van der Waals surface area contributed by atoms with Gasteiger partial charge in [-0.15, -0.1) is 0 Å². The molecule has 0 spiro atoms. The third kappa shape index (κ3) is 1.01. The molecule has 4 aromatic rings. The van der Waals surface area contributed by atoms with Crippen molar-refractivity contribution in [1.29, 1.82) is 0 Å². The molecule has 0 bridgehead atoms. The molecule has 0 radical (unpaired) electrons. The normalized spacial score (nSPS) is 15.9. The summed E-state index contributed by atoms with van der Waals surface area (Å²) < 4.78 is 29.0. The van der Waals surface area contributed by atoms with Crippen LogP contribution in [0.5, 0.6) is 0 Å². The minimum Gasteiger partial charge on any atom is -0.264 e. The summed E-state index contributed by atoms with van der Waals surface area (Å²) in [6.45, 7) is -1.77. The molecule has 0 N–H and O–H groups in total. The van der Waals surface area contributed by atoms with Crippen molar-refractivity contribution in [2.24, 2.45) is 6.98 Å². The Balaban J connectivity index is 2.01. The lowest BCUT2D eigenvalue weighted by Gasteiger charge is -1.96. The van der Waals surface area contributed by atoms with Gasteiger partial charge in [0.05, 0.1) is 29.4 Å². The van der Waals surface area contributed by atoms with Gasteiger partial charge in [0.25, 0.3) is 17.1 Å². The predicted molar refractivity (Wildman–Crippen MR) is 72.0 cm³/mol. The predicted octanol–water partition coefficient (Wildman–Crippen LogP) is 0.932. The van der Waals surface area contributed by atoms with Crippen molar-refractivity contribution < 1.29 is 8.68 Å². The number of rotatable bonds is 0. The van der Waals surface area contributed by atoms with Crippen molar-refractivity contribution in [3.05, 3.63) is 42.5 Å². The van der Waals surface area contributed by atoms with E-state index >= 15 is 0 Å². The summed E-state index contributed by atoms with van der Waals surface area (Å²) in [6, 6.07) is 3.61. The van der Waals surface area contributed by atoms with Crippen LogP contribution < -0.4 is 4.57 Å². The highest BCUT2D eigenvalue weighted by Gasteiger charge is 2.33. The first-order valence-corrected chi connectivity index (χ1v) is 6.27. The van der Waals surface area contributed by atoms with Crippen LogP contribution in [-0.4, -0.2) is 23.9 Å². The van der Waals surface area contributed by atoms with Crippen molar-refractivity contribution in [2.75, 3.05) is 0 Å². The van der Waals surface area contributed by atoms with Gasteiger partial charge in [-0.3, -0.25) is 4.98 Å². The Morgan fingerprint density at radius 1 is 1.40 bits per heavy atom. The van der Waals surface area contributed by atoms with E-state index in [4.69, 9.17) is 4.11 Å². The molecule has 1 aliphatic rings. The number of imidazole rings is 2. The molecule has 0 unspecified atom stereocenters. The molecule has 5 rings (SSSR count). The van der Waals surface area contributed by atoms with Crippen molar-refractivity contribution in [1.82, 2.24) is 23.9 Å². The molecule has 1 aliphatic heterocycles. The maximum absolute atomic E-state index is 8.00. The van der Waals surface area contributed by atoms with Gasteiger partial charge in [-0.05, 0) is 12.1 Å². The van der Waals surface area contributed by atoms with E-state index in [0.29, 0.717) is 29.4 Å². The van der Waals surface area contributed by atoms with Gasteiger partial charge in [-0.2, -0.15) is 9.38 Å². The third-order valence-electron chi connectivity index (χ3n) is 3.77. The van der Waals surface area contributed by atoms with Crippen LogP contribution >= 0.6 is 0 Å². The number of aryl methyl sites for hydroxylation is 1. The van der Waals surface area contributed by atoms with Crippen LogP contribution in [0.3, 0.4) is 0 Å². The summed E-state index contributed by atoms with van der Waals surface area (Å²) in [6.07, 6.45) is 6.87. The minimum atomic E-state index is -2.32. The smallest absolute Gasteiger partial charge is 0.264 e. The van der Waals surface area contributed by atoms with Crippen LogP contribution in [0, 0.1) is 0 Å². The number of hydrogen-bond acceptors (Lipinski definition) is 3. The molecular weight excluding hydrogens is 252 g/mol. The van der Waals surface area contributed by atoms with Crippen molar-refractivity contribution >= 4 is 17.1 Å². The highest BCUT2D eigenvalue weighted by atomic mass is 15.3. The zero-order valence-corrected chi connectivity index (χ0v) is 10.4. The highest BCUT2D eigenvalue weighted by Crippen LogP contribution is 2.32. The Bertz CT molecular complexity index is 1090. The summed E-state index contributed by atoms with van der Waals surface area (Å²) in [5.41, 5.74) is 3.02. The molecule has 0 saturated carbocycles. The zero-order chi connectivity index (χ0) is 15.8. The van der Waals surface area contributed by atoms with E-state index < -0.39 is 6.98 Å².